The zero-order chi connectivity index (χ0) is 17.6. The van der Waals surface area contributed by atoms with E-state index >= 15 is 0 Å². The fraction of sp³-hybridized carbons (Fsp3) is 0.500. The van der Waals surface area contributed by atoms with E-state index in [-0.39, 0.29) is 23.5 Å². The van der Waals surface area contributed by atoms with E-state index in [1.165, 1.54) is 12.5 Å². The topological polar surface area (TPSA) is 85.7 Å². The number of ether oxygens (including phenoxy) is 1. The van der Waals surface area contributed by atoms with Gasteiger partial charge in [-0.25, -0.2) is 4.79 Å². The molecule has 1 aliphatic carbocycles. The Kier molecular flexibility index (Phi) is 3.57. The molecule has 3 unspecified atom stereocenters. The number of nitriles is 1. The molecule has 3 aliphatic rings. The highest BCUT2D eigenvalue weighted by atomic mass is 16.6. The average molecular weight is 340 g/mol. The molecule has 0 bridgehead atoms. The molecule has 7 heteroatoms. The van der Waals surface area contributed by atoms with Gasteiger partial charge >= 0.3 is 6.09 Å². The summed E-state index contributed by atoms with van der Waals surface area (Å²) in [5.41, 5.74) is 2.15. The van der Waals surface area contributed by atoms with E-state index in [0.717, 1.165) is 25.2 Å². The van der Waals surface area contributed by atoms with Crippen molar-refractivity contribution in [3.05, 3.63) is 29.8 Å². The minimum Gasteiger partial charge on any atom is -0.442 e. The lowest BCUT2D eigenvalue weighted by Crippen LogP contribution is -2.33. The Labute approximate surface area is 146 Å². The van der Waals surface area contributed by atoms with Crippen LogP contribution in [0.25, 0.3) is 0 Å². The minimum absolute atomic E-state index is 0.119. The van der Waals surface area contributed by atoms with E-state index in [1.54, 1.807) is 4.90 Å². The molecule has 2 saturated heterocycles. The Balaban J connectivity index is 1.44. The first-order chi connectivity index (χ1) is 12.0. The van der Waals surface area contributed by atoms with Gasteiger partial charge < -0.3 is 15.0 Å². The maximum Gasteiger partial charge on any atom is 0.414 e. The lowest BCUT2D eigenvalue weighted by Gasteiger charge is -2.18. The van der Waals surface area contributed by atoms with Gasteiger partial charge in [0.15, 0.2) is 6.19 Å². The van der Waals surface area contributed by atoms with E-state index in [9.17, 15) is 9.59 Å². The number of benzene rings is 1. The smallest absolute Gasteiger partial charge is 0.414 e. The molecule has 0 spiro atoms. The second-order valence-corrected chi connectivity index (χ2v) is 7.14. The Hall–Kier alpha value is -2.75. The van der Waals surface area contributed by atoms with Crippen LogP contribution in [0.5, 0.6) is 0 Å². The summed E-state index contributed by atoms with van der Waals surface area (Å²) in [6, 6.07) is 8.00. The van der Waals surface area contributed by atoms with Gasteiger partial charge in [0, 0.05) is 31.1 Å². The molecular formula is C18H20N4O3. The number of amides is 2. The van der Waals surface area contributed by atoms with Crippen molar-refractivity contribution in [1.82, 2.24) is 10.2 Å². The van der Waals surface area contributed by atoms with Crippen molar-refractivity contribution in [3.8, 4) is 6.19 Å². The zero-order valence-electron chi connectivity index (χ0n) is 14.1. The Bertz CT molecular complexity index is 757. The van der Waals surface area contributed by atoms with E-state index in [2.05, 4.69) is 23.6 Å². The molecule has 2 aliphatic heterocycles. The van der Waals surface area contributed by atoms with Gasteiger partial charge in [0.05, 0.1) is 13.1 Å². The molecule has 7 nitrogen and oxygen atoms in total. The van der Waals surface area contributed by atoms with Crippen LogP contribution >= 0.6 is 0 Å². The first-order valence-electron chi connectivity index (χ1n) is 8.49. The number of hydrogen-bond acceptors (Lipinski definition) is 5. The first-order valence-corrected chi connectivity index (χ1v) is 8.49. The summed E-state index contributed by atoms with van der Waals surface area (Å²) in [6.45, 7) is 3.83. The number of likely N-dealkylation sites (tertiary alicyclic amines) is 1. The summed E-state index contributed by atoms with van der Waals surface area (Å²) in [5.74, 6) is 0.428. The van der Waals surface area contributed by atoms with Crippen molar-refractivity contribution in [1.29, 1.82) is 5.26 Å². The zero-order valence-corrected chi connectivity index (χ0v) is 14.1. The molecule has 130 valence electrons. The lowest BCUT2D eigenvalue weighted by atomic mass is 9.95. The van der Waals surface area contributed by atoms with E-state index in [4.69, 9.17) is 10.00 Å². The number of fused-ring (bicyclic) bond motifs is 1. The van der Waals surface area contributed by atoms with Crippen LogP contribution in [0.15, 0.2) is 24.3 Å². The van der Waals surface area contributed by atoms with Crippen molar-refractivity contribution < 1.29 is 14.3 Å². The predicted octanol–water partition coefficient (Wildman–Crippen LogP) is 1.20. The highest BCUT2D eigenvalue weighted by Gasteiger charge is 2.60. The molecule has 1 aromatic rings. The van der Waals surface area contributed by atoms with Crippen LogP contribution in [-0.2, 0) is 14.9 Å². The van der Waals surface area contributed by atoms with Crippen LogP contribution in [-0.4, -0.2) is 49.2 Å². The molecule has 2 amide bonds. The largest absolute Gasteiger partial charge is 0.442 e. The van der Waals surface area contributed by atoms with Gasteiger partial charge in [-0.05, 0) is 30.0 Å². The third kappa shape index (κ3) is 2.68. The quantitative estimate of drug-likeness (QED) is 0.833. The van der Waals surface area contributed by atoms with Gasteiger partial charge in [0.25, 0.3) is 0 Å². The van der Waals surface area contributed by atoms with Gasteiger partial charge in [-0.15, -0.1) is 0 Å². The number of cyclic esters (lactones) is 1. The van der Waals surface area contributed by atoms with Gasteiger partial charge in [-0.1, -0.05) is 12.1 Å². The monoisotopic (exact) mass is 340 g/mol. The number of piperidine rings is 1. The van der Waals surface area contributed by atoms with Gasteiger partial charge in [-0.2, -0.15) is 5.26 Å². The first kappa shape index (κ1) is 15.8. The maximum atomic E-state index is 12.1. The van der Waals surface area contributed by atoms with Crippen molar-refractivity contribution in [3.63, 3.8) is 0 Å². The number of anilines is 1. The SMILES string of the molecule is CC(=O)NCC1CN(c2ccc(C34CC3CN(C#N)C4)cc2)C(=O)O1. The minimum atomic E-state index is -0.387. The summed E-state index contributed by atoms with van der Waals surface area (Å²) in [6.07, 6.45) is 2.66. The van der Waals surface area contributed by atoms with E-state index < -0.39 is 0 Å². The number of carbonyl (C=O) groups is 2. The Morgan fingerprint density at radius 3 is 2.80 bits per heavy atom. The van der Waals surface area contributed by atoms with E-state index in [0.29, 0.717) is 19.0 Å². The summed E-state index contributed by atoms with van der Waals surface area (Å²) in [4.78, 5) is 26.5. The van der Waals surface area contributed by atoms with Crippen molar-refractivity contribution >= 4 is 17.7 Å². The Morgan fingerprint density at radius 2 is 2.16 bits per heavy atom. The van der Waals surface area contributed by atoms with Crippen molar-refractivity contribution in [2.75, 3.05) is 31.1 Å². The molecule has 1 aromatic carbocycles. The molecule has 3 atom stereocenters. The lowest BCUT2D eigenvalue weighted by molar-refractivity contribution is -0.119. The second-order valence-electron chi connectivity index (χ2n) is 7.14. The number of rotatable bonds is 4. The van der Waals surface area contributed by atoms with Crippen molar-refractivity contribution in [2.24, 2.45) is 5.92 Å². The Morgan fingerprint density at radius 1 is 1.40 bits per heavy atom. The molecule has 1 N–H and O–H groups in total. The number of hydrogen-bond donors (Lipinski definition) is 1. The second kappa shape index (κ2) is 5.66. The van der Waals surface area contributed by atoms with Crippen LogP contribution in [0.3, 0.4) is 0 Å². The molecule has 1 saturated carbocycles. The summed E-state index contributed by atoms with van der Waals surface area (Å²) in [7, 11) is 0. The molecular weight excluding hydrogens is 320 g/mol. The third-order valence-electron chi connectivity index (χ3n) is 5.49. The third-order valence-corrected chi connectivity index (χ3v) is 5.49. The fourth-order valence-electron chi connectivity index (χ4n) is 4.08. The standard InChI is InChI=1S/C18H20N4O3/c1-12(23)20-7-16-9-22(17(24)25-16)15-4-2-13(3-5-15)18-6-14(18)8-21(10-18)11-19/h2-5,14,16H,6-10H2,1H3,(H,20,23). The van der Waals surface area contributed by atoms with Gasteiger partial charge in [-0.3, -0.25) is 9.69 Å². The normalized spacial score (nSPS) is 29.8. The molecule has 2 heterocycles. The summed E-state index contributed by atoms with van der Waals surface area (Å²) >= 11 is 0. The molecule has 0 radical (unpaired) electrons. The molecule has 0 aromatic heterocycles. The van der Waals surface area contributed by atoms with Crippen LogP contribution in [0.2, 0.25) is 0 Å². The molecule has 4 rings (SSSR count). The van der Waals surface area contributed by atoms with E-state index in [1.807, 2.05) is 17.0 Å². The number of nitrogens with one attached hydrogen (secondary N) is 1. The molecule has 3 fully saturated rings. The summed E-state index contributed by atoms with van der Waals surface area (Å²) < 4.78 is 5.30. The van der Waals surface area contributed by atoms with Crippen LogP contribution < -0.4 is 10.2 Å². The van der Waals surface area contributed by atoms with Crippen LogP contribution in [0.1, 0.15) is 18.9 Å². The molecule has 25 heavy (non-hydrogen) atoms. The van der Waals surface area contributed by atoms with Crippen LogP contribution in [0.4, 0.5) is 10.5 Å². The summed E-state index contributed by atoms with van der Waals surface area (Å²) in [5, 5.41) is 11.7. The predicted molar refractivity (Wildman–Crippen MR) is 89.7 cm³/mol. The highest BCUT2D eigenvalue weighted by Crippen LogP contribution is 2.58. The van der Waals surface area contributed by atoms with Crippen LogP contribution in [0, 0.1) is 17.4 Å². The highest BCUT2D eigenvalue weighted by molar-refractivity contribution is 5.89. The van der Waals surface area contributed by atoms with Crippen molar-refractivity contribution in [2.45, 2.75) is 24.9 Å². The maximum absolute atomic E-state index is 12.1. The average Bonchev–Trinajstić information content (AvgIpc) is 2.98. The van der Waals surface area contributed by atoms with Gasteiger partial charge in [0.1, 0.15) is 6.10 Å². The van der Waals surface area contributed by atoms with Gasteiger partial charge in [0.2, 0.25) is 5.91 Å². The number of nitrogens with zero attached hydrogens (tertiary/aromatic N) is 3. The fourth-order valence-corrected chi connectivity index (χ4v) is 4.08. The number of carbonyl (C=O) groups excluding carboxylic acids is 2.